The van der Waals surface area contributed by atoms with Gasteiger partial charge in [0.05, 0.1) is 12.7 Å². The summed E-state index contributed by atoms with van der Waals surface area (Å²) in [6.45, 7) is 6.10. The predicted molar refractivity (Wildman–Crippen MR) is 94.6 cm³/mol. The molecule has 2 fully saturated rings. The topological polar surface area (TPSA) is 90.3 Å². The lowest BCUT2D eigenvalue weighted by Gasteiger charge is -2.45. The molecular formula is C18H27FN2O5. The molecule has 0 unspecified atom stereocenters. The van der Waals surface area contributed by atoms with Crippen molar-refractivity contribution in [3.63, 3.8) is 0 Å². The maximum Gasteiger partial charge on any atom is 0.290 e. The summed E-state index contributed by atoms with van der Waals surface area (Å²) in [5.74, 6) is -0.101. The molecule has 1 aromatic carbocycles. The SMILES string of the molecule is Cc1c(F)cccc1CN1CC[C@@H]2OCCN(C)[C@H]2C1.O=CO.O=CO. The predicted octanol–water partition coefficient (Wildman–Crippen LogP) is 1.44. The van der Waals surface area contributed by atoms with Crippen LogP contribution < -0.4 is 0 Å². The summed E-state index contributed by atoms with van der Waals surface area (Å²) < 4.78 is 19.5. The Balaban J connectivity index is 0.000000499. The van der Waals surface area contributed by atoms with Gasteiger partial charge in [-0.1, -0.05) is 12.1 Å². The number of fused-ring (bicyclic) bond motifs is 1. The lowest BCUT2D eigenvalue weighted by molar-refractivity contribution is -0.123. The lowest BCUT2D eigenvalue weighted by Crippen LogP contribution is -2.58. The summed E-state index contributed by atoms with van der Waals surface area (Å²) >= 11 is 0. The molecule has 2 aliphatic heterocycles. The number of piperidine rings is 1. The van der Waals surface area contributed by atoms with E-state index in [0.29, 0.717) is 12.1 Å². The fraction of sp³-hybridized carbons (Fsp3) is 0.556. The summed E-state index contributed by atoms with van der Waals surface area (Å²) in [6.07, 6.45) is 1.45. The number of morpholine rings is 1. The van der Waals surface area contributed by atoms with Crippen LogP contribution in [0.5, 0.6) is 0 Å². The zero-order valence-electron chi connectivity index (χ0n) is 15.2. The molecule has 1 aromatic rings. The number of hydrogen-bond acceptors (Lipinski definition) is 5. The highest BCUT2D eigenvalue weighted by Gasteiger charge is 2.35. The van der Waals surface area contributed by atoms with Crippen LogP contribution in [0.1, 0.15) is 17.5 Å². The van der Waals surface area contributed by atoms with Gasteiger partial charge in [-0.05, 0) is 37.6 Å². The smallest absolute Gasteiger partial charge is 0.290 e. The third-order valence-electron chi connectivity index (χ3n) is 4.72. The fourth-order valence-corrected chi connectivity index (χ4v) is 3.32. The van der Waals surface area contributed by atoms with Crippen molar-refractivity contribution in [2.75, 3.05) is 33.3 Å². The van der Waals surface area contributed by atoms with Crippen LogP contribution in [0.15, 0.2) is 18.2 Å². The molecule has 146 valence electrons. The molecule has 0 aromatic heterocycles. The first kappa shape index (κ1) is 22.0. The second kappa shape index (κ2) is 11.6. The fourth-order valence-electron chi connectivity index (χ4n) is 3.32. The Bertz CT molecular complexity index is 567. The molecular weight excluding hydrogens is 343 g/mol. The molecule has 0 radical (unpaired) electrons. The van der Waals surface area contributed by atoms with Gasteiger partial charge in [-0.15, -0.1) is 0 Å². The van der Waals surface area contributed by atoms with Gasteiger partial charge in [0.25, 0.3) is 12.9 Å². The van der Waals surface area contributed by atoms with Gasteiger partial charge in [-0.2, -0.15) is 0 Å². The van der Waals surface area contributed by atoms with E-state index in [1.54, 1.807) is 6.07 Å². The van der Waals surface area contributed by atoms with Gasteiger partial charge in [0.15, 0.2) is 0 Å². The van der Waals surface area contributed by atoms with Crippen molar-refractivity contribution >= 4 is 12.9 Å². The Morgan fingerprint density at radius 2 is 1.92 bits per heavy atom. The van der Waals surface area contributed by atoms with E-state index < -0.39 is 0 Å². The molecule has 2 atom stereocenters. The van der Waals surface area contributed by atoms with Crippen molar-refractivity contribution in [3.8, 4) is 0 Å². The summed E-state index contributed by atoms with van der Waals surface area (Å²) in [6, 6.07) is 5.85. The van der Waals surface area contributed by atoms with E-state index in [0.717, 1.165) is 50.3 Å². The molecule has 0 saturated carbocycles. The van der Waals surface area contributed by atoms with Gasteiger partial charge in [-0.25, -0.2) is 4.39 Å². The first-order valence-electron chi connectivity index (χ1n) is 8.42. The van der Waals surface area contributed by atoms with Crippen molar-refractivity contribution < 1.29 is 28.9 Å². The zero-order chi connectivity index (χ0) is 19.5. The van der Waals surface area contributed by atoms with Crippen LogP contribution >= 0.6 is 0 Å². The molecule has 2 aliphatic rings. The summed E-state index contributed by atoms with van der Waals surface area (Å²) in [5, 5.41) is 13.8. The third kappa shape index (κ3) is 6.36. The first-order chi connectivity index (χ1) is 12.5. The van der Waals surface area contributed by atoms with Gasteiger partial charge >= 0.3 is 0 Å². The van der Waals surface area contributed by atoms with Gasteiger partial charge in [0.2, 0.25) is 0 Å². The highest BCUT2D eigenvalue weighted by molar-refractivity contribution is 5.33. The summed E-state index contributed by atoms with van der Waals surface area (Å²) in [5.41, 5.74) is 1.88. The minimum absolute atomic E-state index is 0.101. The standard InChI is InChI=1S/C16H23FN2O.2CH2O2/c1-12-13(4-3-5-14(12)17)10-19-7-6-16-15(11-19)18(2)8-9-20-16;2*2-1-3/h3-5,15-16H,6-11H2,1-2H3;2*1H,(H,2,3)/t15-,16-;;/m0../s1. The Hall–Kier alpha value is -2.03. The molecule has 0 spiro atoms. The molecule has 26 heavy (non-hydrogen) atoms. The highest BCUT2D eigenvalue weighted by atomic mass is 19.1. The minimum Gasteiger partial charge on any atom is -0.483 e. The van der Waals surface area contributed by atoms with Crippen molar-refractivity contribution in [2.24, 2.45) is 0 Å². The first-order valence-corrected chi connectivity index (χ1v) is 8.42. The van der Waals surface area contributed by atoms with Gasteiger partial charge in [-0.3, -0.25) is 19.4 Å². The Kier molecular flexibility index (Phi) is 9.79. The van der Waals surface area contributed by atoms with E-state index in [1.807, 2.05) is 13.0 Å². The van der Waals surface area contributed by atoms with E-state index in [2.05, 4.69) is 16.8 Å². The largest absolute Gasteiger partial charge is 0.483 e. The average Bonchev–Trinajstić information content (AvgIpc) is 2.61. The van der Waals surface area contributed by atoms with Crippen LogP contribution in [-0.2, 0) is 20.9 Å². The molecule has 2 N–H and O–H groups in total. The van der Waals surface area contributed by atoms with E-state index in [9.17, 15) is 4.39 Å². The maximum atomic E-state index is 13.6. The number of benzene rings is 1. The number of likely N-dealkylation sites (N-methyl/N-ethyl adjacent to an activating group) is 1. The number of halogens is 1. The molecule has 0 bridgehead atoms. The molecule has 2 heterocycles. The van der Waals surface area contributed by atoms with E-state index in [1.165, 1.54) is 6.07 Å². The molecule has 8 heteroatoms. The molecule has 7 nitrogen and oxygen atoms in total. The van der Waals surface area contributed by atoms with Gasteiger partial charge < -0.3 is 14.9 Å². The number of carboxylic acid groups (broad SMARTS) is 2. The summed E-state index contributed by atoms with van der Waals surface area (Å²) in [4.78, 5) is 21.5. The van der Waals surface area contributed by atoms with Crippen LogP contribution in [0.2, 0.25) is 0 Å². The Labute approximate surface area is 153 Å². The van der Waals surface area contributed by atoms with E-state index in [4.69, 9.17) is 24.5 Å². The average molecular weight is 370 g/mol. The van der Waals surface area contributed by atoms with E-state index in [-0.39, 0.29) is 18.8 Å². The zero-order valence-corrected chi connectivity index (χ0v) is 15.2. The maximum absolute atomic E-state index is 13.6. The van der Waals surface area contributed by atoms with Crippen molar-refractivity contribution in [1.82, 2.24) is 9.80 Å². The minimum atomic E-state index is -0.250. The molecule has 2 saturated heterocycles. The molecule has 3 rings (SSSR count). The number of ether oxygens (including phenoxy) is 1. The Morgan fingerprint density at radius 1 is 1.27 bits per heavy atom. The van der Waals surface area contributed by atoms with Crippen molar-refractivity contribution in [1.29, 1.82) is 0 Å². The lowest BCUT2D eigenvalue weighted by atomic mass is 9.98. The quantitative estimate of drug-likeness (QED) is 0.761. The highest BCUT2D eigenvalue weighted by Crippen LogP contribution is 2.24. The molecule has 0 aliphatic carbocycles. The van der Waals surface area contributed by atoms with Crippen LogP contribution in [0.25, 0.3) is 0 Å². The third-order valence-corrected chi connectivity index (χ3v) is 4.72. The number of rotatable bonds is 2. The van der Waals surface area contributed by atoms with Crippen LogP contribution in [0.3, 0.4) is 0 Å². The molecule has 0 amide bonds. The normalized spacial score (nSPS) is 22.7. The van der Waals surface area contributed by atoms with Crippen LogP contribution in [0, 0.1) is 12.7 Å². The number of likely N-dealkylation sites (tertiary alicyclic amines) is 1. The monoisotopic (exact) mass is 370 g/mol. The second-order valence-corrected chi connectivity index (χ2v) is 6.22. The number of hydrogen-bond donors (Lipinski definition) is 2. The number of carbonyl (C=O) groups is 2. The summed E-state index contributed by atoms with van der Waals surface area (Å²) in [7, 11) is 2.18. The van der Waals surface area contributed by atoms with Crippen LogP contribution in [0.4, 0.5) is 4.39 Å². The van der Waals surface area contributed by atoms with Gasteiger partial charge in [0, 0.05) is 32.2 Å². The van der Waals surface area contributed by atoms with Gasteiger partial charge in [0.1, 0.15) is 5.82 Å². The second-order valence-electron chi connectivity index (χ2n) is 6.22. The number of nitrogens with zero attached hydrogens (tertiary/aromatic N) is 2. The van der Waals surface area contributed by atoms with Crippen LogP contribution in [-0.4, -0.2) is 78.4 Å². The Morgan fingerprint density at radius 3 is 2.58 bits per heavy atom. The van der Waals surface area contributed by atoms with E-state index >= 15 is 0 Å². The van der Waals surface area contributed by atoms with Crippen molar-refractivity contribution in [3.05, 3.63) is 35.1 Å². The van der Waals surface area contributed by atoms with Crippen molar-refractivity contribution in [2.45, 2.75) is 32.0 Å².